The largest absolute Gasteiger partial charge is 0.466 e. The minimum atomic E-state index is -1.19. The van der Waals surface area contributed by atoms with E-state index in [4.69, 9.17) is 14.2 Å². The molecule has 5 atom stereocenters. The van der Waals surface area contributed by atoms with E-state index in [1.807, 2.05) is 32.9 Å². The van der Waals surface area contributed by atoms with Gasteiger partial charge in [0.05, 0.1) is 6.61 Å². The van der Waals surface area contributed by atoms with Crippen molar-refractivity contribution in [1.82, 2.24) is 0 Å². The number of hydrogen-bond donors (Lipinski definition) is 0. The fraction of sp³-hybridized carbons (Fsp3) is 0.750. The van der Waals surface area contributed by atoms with Crippen LogP contribution in [0.4, 0.5) is 0 Å². The highest BCUT2D eigenvalue weighted by molar-refractivity contribution is 5.91. The van der Waals surface area contributed by atoms with E-state index < -0.39 is 23.8 Å². The van der Waals surface area contributed by atoms with Crippen molar-refractivity contribution >= 4 is 11.9 Å². The van der Waals surface area contributed by atoms with Crippen LogP contribution in [-0.2, 0) is 23.8 Å². The summed E-state index contributed by atoms with van der Waals surface area (Å²) in [5.74, 6) is -1.47. The molecule has 0 aromatic rings. The van der Waals surface area contributed by atoms with Crippen LogP contribution in [0.25, 0.3) is 0 Å². The summed E-state index contributed by atoms with van der Waals surface area (Å²) in [7, 11) is 0. The second-order valence-corrected chi connectivity index (χ2v) is 7.13. The van der Waals surface area contributed by atoms with Crippen LogP contribution in [0.1, 0.15) is 34.1 Å². The summed E-state index contributed by atoms with van der Waals surface area (Å²) < 4.78 is 16.7. The predicted octanol–water partition coefficient (Wildman–Crippen LogP) is 2.06. The van der Waals surface area contributed by atoms with Crippen molar-refractivity contribution in [1.29, 1.82) is 0 Å². The van der Waals surface area contributed by atoms with E-state index in [1.54, 1.807) is 6.92 Å². The zero-order valence-corrected chi connectivity index (χ0v) is 12.9. The molecule has 0 N–H and O–H groups in total. The summed E-state index contributed by atoms with van der Waals surface area (Å²) in [6.07, 6.45) is 4.09. The Hall–Kier alpha value is -1.36. The molecule has 0 aromatic heterocycles. The first-order valence-corrected chi connectivity index (χ1v) is 7.54. The summed E-state index contributed by atoms with van der Waals surface area (Å²) in [5.41, 5.74) is -1.52. The first-order chi connectivity index (χ1) is 9.80. The lowest BCUT2D eigenvalue weighted by atomic mass is 9.78. The SMILES string of the molecule is CCOC(=O)[C@H]1[C@H]2C=C[C@H](C2)[C@@]12O[C@H](C(C)(C)C)OC2=O. The Labute approximate surface area is 124 Å². The molecule has 2 fully saturated rings. The lowest BCUT2D eigenvalue weighted by Gasteiger charge is -2.34. The van der Waals surface area contributed by atoms with Crippen LogP contribution in [0.15, 0.2) is 12.2 Å². The quantitative estimate of drug-likeness (QED) is 0.576. The Morgan fingerprint density at radius 2 is 2.14 bits per heavy atom. The van der Waals surface area contributed by atoms with Crippen LogP contribution in [-0.4, -0.2) is 30.4 Å². The molecule has 5 nitrogen and oxygen atoms in total. The Bertz CT molecular complexity index is 503. The molecular weight excluding hydrogens is 272 g/mol. The number of ether oxygens (including phenoxy) is 3. The van der Waals surface area contributed by atoms with Crippen molar-refractivity contribution in [3.05, 3.63) is 12.2 Å². The zero-order chi connectivity index (χ0) is 15.4. The number of carbonyl (C=O) groups excluding carboxylic acids is 2. The molecule has 2 bridgehead atoms. The van der Waals surface area contributed by atoms with Crippen molar-refractivity contribution < 1.29 is 23.8 Å². The van der Waals surface area contributed by atoms with Gasteiger partial charge in [0, 0.05) is 11.3 Å². The smallest absolute Gasteiger partial charge is 0.342 e. The molecule has 1 aliphatic heterocycles. The normalized spacial score (nSPS) is 40.9. The molecule has 3 aliphatic rings. The lowest BCUT2D eigenvalue weighted by molar-refractivity contribution is -0.179. The third-order valence-electron chi connectivity index (χ3n) is 4.64. The lowest BCUT2D eigenvalue weighted by Crippen LogP contribution is -2.51. The molecule has 116 valence electrons. The van der Waals surface area contributed by atoms with Gasteiger partial charge in [0.1, 0.15) is 5.92 Å². The van der Waals surface area contributed by atoms with Crippen LogP contribution >= 0.6 is 0 Å². The molecule has 1 spiro atoms. The fourth-order valence-corrected chi connectivity index (χ4v) is 3.65. The maximum absolute atomic E-state index is 12.6. The van der Waals surface area contributed by atoms with Gasteiger partial charge in [-0.2, -0.15) is 0 Å². The number of fused-ring (bicyclic) bond motifs is 3. The number of carbonyl (C=O) groups is 2. The van der Waals surface area contributed by atoms with Gasteiger partial charge in [-0.25, -0.2) is 4.79 Å². The van der Waals surface area contributed by atoms with Crippen molar-refractivity contribution in [3.63, 3.8) is 0 Å². The molecular formula is C16H22O5. The van der Waals surface area contributed by atoms with E-state index in [0.29, 0.717) is 6.61 Å². The molecule has 1 saturated carbocycles. The third kappa shape index (κ3) is 1.94. The van der Waals surface area contributed by atoms with Gasteiger partial charge >= 0.3 is 11.9 Å². The minimum absolute atomic E-state index is 0.000295. The van der Waals surface area contributed by atoms with Crippen LogP contribution in [0.5, 0.6) is 0 Å². The van der Waals surface area contributed by atoms with E-state index >= 15 is 0 Å². The average molecular weight is 294 g/mol. The van der Waals surface area contributed by atoms with E-state index in [0.717, 1.165) is 6.42 Å². The molecule has 0 amide bonds. The number of rotatable bonds is 2. The van der Waals surface area contributed by atoms with Gasteiger partial charge in [0.25, 0.3) is 0 Å². The van der Waals surface area contributed by atoms with Crippen molar-refractivity contribution in [2.75, 3.05) is 6.61 Å². The Morgan fingerprint density at radius 3 is 2.71 bits per heavy atom. The number of hydrogen-bond acceptors (Lipinski definition) is 5. The number of cyclic esters (lactones) is 1. The van der Waals surface area contributed by atoms with Gasteiger partial charge in [-0.05, 0) is 19.3 Å². The summed E-state index contributed by atoms with van der Waals surface area (Å²) in [6, 6.07) is 0. The van der Waals surface area contributed by atoms with E-state index in [-0.39, 0.29) is 23.2 Å². The Kier molecular flexibility index (Phi) is 3.17. The highest BCUT2D eigenvalue weighted by atomic mass is 16.8. The molecule has 0 aromatic carbocycles. The standard InChI is InChI=1S/C16H22O5/c1-5-19-12(17)11-9-6-7-10(8-9)16(11)13(18)20-14(21-16)15(2,3)4/h6-7,9-11,14H,5,8H2,1-4H3/t9-,10+,11+,14+,16+/m0/s1. The van der Waals surface area contributed by atoms with E-state index in [1.165, 1.54) is 0 Å². The van der Waals surface area contributed by atoms with E-state index in [9.17, 15) is 9.59 Å². The monoisotopic (exact) mass is 294 g/mol. The summed E-state index contributed by atoms with van der Waals surface area (Å²) >= 11 is 0. The first-order valence-electron chi connectivity index (χ1n) is 7.54. The average Bonchev–Trinajstić information content (AvgIpc) is 3.04. The van der Waals surface area contributed by atoms with Gasteiger partial charge in [0.15, 0.2) is 5.60 Å². The zero-order valence-electron chi connectivity index (χ0n) is 12.9. The molecule has 21 heavy (non-hydrogen) atoms. The third-order valence-corrected chi connectivity index (χ3v) is 4.64. The van der Waals surface area contributed by atoms with Gasteiger partial charge in [-0.15, -0.1) is 0 Å². The highest BCUT2D eigenvalue weighted by Crippen LogP contribution is 2.57. The van der Waals surface area contributed by atoms with Gasteiger partial charge < -0.3 is 14.2 Å². The summed E-state index contributed by atoms with van der Waals surface area (Å²) in [4.78, 5) is 24.9. The van der Waals surface area contributed by atoms with Crippen LogP contribution in [0.3, 0.4) is 0 Å². The molecule has 2 aliphatic carbocycles. The molecule has 1 heterocycles. The Morgan fingerprint density at radius 1 is 1.43 bits per heavy atom. The van der Waals surface area contributed by atoms with Gasteiger partial charge in [0.2, 0.25) is 6.29 Å². The topological polar surface area (TPSA) is 61.8 Å². The molecule has 0 unspecified atom stereocenters. The molecule has 0 radical (unpaired) electrons. The molecule has 1 saturated heterocycles. The number of esters is 2. The van der Waals surface area contributed by atoms with Crippen molar-refractivity contribution in [2.24, 2.45) is 23.2 Å². The predicted molar refractivity (Wildman–Crippen MR) is 74.0 cm³/mol. The second-order valence-electron chi connectivity index (χ2n) is 7.13. The fourth-order valence-electron chi connectivity index (χ4n) is 3.65. The first kappa shape index (κ1) is 14.6. The maximum Gasteiger partial charge on any atom is 0.342 e. The van der Waals surface area contributed by atoms with Crippen LogP contribution in [0, 0.1) is 23.2 Å². The van der Waals surface area contributed by atoms with Gasteiger partial charge in [-0.1, -0.05) is 32.9 Å². The minimum Gasteiger partial charge on any atom is -0.466 e. The van der Waals surface area contributed by atoms with Crippen LogP contribution < -0.4 is 0 Å². The summed E-state index contributed by atoms with van der Waals surface area (Å²) in [6.45, 7) is 7.91. The Balaban J connectivity index is 1.96. The van der Waals surface area contributed by atoms with Crippen molar-refractivity contribution in [3.8, 4) is 0 Å². The van der Waals surface area contributed by atoms with E-state index in [2.05, 4.69) is 0 Å². The van der Waals surface area contributed by atoms with Crippen LogP contribution in [0.2, 0.25) is 0 Å². The molecule has 3 rings (SSSR count). The van der Waals surface area contributed by atoms with Gasteiger partial charge in [-0.3, -0.25) is 4.79 Å². The summed E-state index contributed by atoms with van der Waals surface area (Å²) in [5, 5.41) is 0. The molecule has 5 heteroatoms. The van der Waals surface area contributed by atoms with Crippen molar-refractivity contribution in [2.45, 2.75) is 46.0 Å². The maximum atomic E-state index is 12.6. The second kappa shape index (κ2) is 4.57. The highest BCUT2D eigenvalue weighted by Gasteiger charge is 2.70. The number of allylic oxidation sites excluding steroid dienone is 1.